The Kier molecular flexibility index (Phi) is 3.91. The maximum absolute atomic E-state index is 3.81. The molecule has 2 unspecified atom stereocenters. The van der Waals surface area contributed by atoms with Gasteiger partial charge in [0.25, 0.3) is 0 Å². The van der Waals surface area contributed by atoms with Gasteiger partial charge in [0.2, 0.25) is 0 Å². The van der Waals surface area contributed by atoms with E-state index in [4.69, 9.17) is 0 Å². The topological polar surface area (TPSA) is 15.3 Å². The van der Waals surface area contributed by atoms with Gasteiger partial charge in [-0.05, 0) is 57.7 Å². The van der Waals surface area contributed by atoms with Gasteiger partial charge in [-0.3, -0.25) is 0 Å². The Labute approximate surface area is 101 Å². The van der Waals surface area contributed by atoms with Gasteiger partial charge >= 0.3 is 0 Å². The summed E-state index contributed by atoms with van der Waals surface area (Å²) in [5.74, 6) is 0.773. The molecule has 2 heteroatoms. The number of nitrogens with zero attached hydrogens (tertiary/aromatic N) is 1. The molecule has 0 amide bonds. The van der Waals surface area contributed by atoms with Gasteiger partial charge in [0.1, 0.15) is 0 Å². The van der Waals surface area contributed by atoms with Gasteiger partial charge in [-0.15, -0.1) is 0 Å². The summed E-state index contributed by atoms with van der Waals surface area (Å²) >= 11 is 0. The van der Waals surface area contributed by atoms with E-state index in [9.17, 15) is 0 Å². The maximum atomic E-state index is 3.81. The Hall–Kier alpha value is -0.0800. The zero-order valence-electron chi connectivity index (χ0n) is 11.3. The highest BCUT2D eigenvalue weighted by Gasteiger charge is 2.40. The Balaban J connectivity index is 2.00. The predicted octanol–water partition coefficient (Wildman–Crippen LogP) is 2.64. The van der Waals surface area contributed by atoms with Crippen molar-refractivity contribution in [3.8, 4) is 0 Å². The molecule has 2 aliphatic rings. The molecule has 2 rings (SSSR count). The summed E-state index contributed by atoms with van der Waals surface area (Å²) in [4.78, 5) is 2.68. The van der Waals surface area contributed by atoms with Crippen molar-refractivity contribution in [2.75, 3.05) is 19.6 Å². The van der Waals surface area contributed by atoms with Crippen LogP contribution in [0, 0.1) is 5.92 Å². The first-order valence-corrected chi connectivity index (χ1v) is 7.17. The molecule has 0 saturated carbocycles. The number of hydrogen-bond acceptors (Lipinski definition) is 2. The second-order valence-electron chi connectivity index (χ2n) is 5.97. The standard InChI is InChI=1S/C14H28N2/c1-4-16-10-5-7-13(16)11-14(12(2)3)8-6-9-15-14/h12-13,15H,4-11H2,1-3H3. The first-order valence-electron chi connectivity index (χ1n) is 7.17. The number of rotatable bonds is 4. The zero-order valence-corrected chi connectivity index (χ0v) is 11.3. The summed E-state index contributed by atoms with van der Waals surface area (Å²) in [5.41, 5.74) is 0.447. The van der Waals surface area contributed by atoms with E-state index in [-0.39, 0.29) is 0 Å². The summed E-state index contributed by atoms with van der Waals surface area (Å²) < 4.78 is 0. The third-order valence-corrected chi connectivity index (χ3v) is 4.89. The van der Waals surface area contributed by atoms with Crippen molar-refractivity contribution in [3.05, 3.63) is 0 Å². The first kappa shape index (κ1) is 12.4. The molecule has 0 aromatic rings. The molecule has 2 aliphatic heterocycles. The van der Waals surface area contributed by atoms with E-state index in [1.165, 1.54) is 51.7 Å². The van der Waals surface area contributed by atoms with Crippen molar-refractivity contribution >= 4 is 0 Å². The van der Waals surface area contributed by atoms with Crippen LogP contribution in [0.3, 0.4) is 0 Å². The van der Waals surface area contributed by atoms with Gasteiger partial charge in [0, 0.05) is 11.6 Å². The van der Waals surface area contributed by atoms with Gasteiger partial charge in [0.05, 0.1) is 0 Å². The number of hydrogen-bond donors (Lipinski definition) is 1. The van der Waals surface area contributed by atoms with Crippen LogP contribution in [-0.2, 0) is 0 Å². The minimum Gasteiger partial charge on any atom is -0.311 e. The van der Waals surface area contributed by atoms with Crippen LogP contribution in [0.25, 0.3) is 0 Å². The van der Waals surface area contributed by atoms with Crippen LogP contribution < -0.4 is 5.32 Å². The normalized spacial score (nSPS) is 36.4. The molecule has 1 N–H and O–H groups in total. The summed E-state index contributed by atoms with van der Waals surface area (Å²) in [6.07, 6.45) is 6.96. The van der Waals surface area contributed by atoms with Crippen molar-refractivity contribution in [2.45, 2.75) is 64.5 Å². The van der Waals surface area contributed by atoms with E-state index in [1.54, 1.807) is 0 Å². The van der Waals surface area contributed by atoms with Gasteiger partial charge in [-0.2, -0.15) is 0 Å². The van der Waals surface area contributed by atoms with E-state index in [0.717, 1.165) is 12.0 Å². The molecule has 2 heterocycles. The smallest absolute Gasteiger partial charge is 0.0219 e. The number of nitrogens with one attached hydrogen (secondary N) is 1. The van der Waals surface area contributed by atoms with Crippen LogP contribution in [0.1, 0.15) is 52.9 Å². The fourth-order valence-corrected chi connectivity index (χ4v) is 3.70. The predicted molar refractivity (Wildman–Crippen MR) is 69.7 cm³/mol. The summed E-state index contributed by atoms with van der Waals surface area (Å²) in [6.45, 7) is 10.9. The van der Waals surface area contributed by atoms with Gasteiger partial charge in [-0.1, -0.05) is 20.8 Å². The van der Waals surface area contributed by atoms with Crippen molar-refractivity contribution in [2.24, 2.45) is 5.92 Å². The second kappa shape index (κ2) is 5.05. The third kappa shape index (κ3) is 2.28. The molecule has 2 nitrogen and oxygen atoms in total. The van der Waals surface area contributed by atoms with Crippen LogP contribution >= 0.6 is 0 Å². The minimum absolute atomic E-state index is 0.447. The van der Waals surface area contributed by atoms with Crippen LogP contribution in [0.4, 0.5) is 0 Å². The molecule has 0 radical (unpaired) electrons. The molecule has 0 bridgehead atoms. The Morgan fingerprint density at radius 3 is 2.75 bits per heavy atom. The highest BCUT2D eigenvalue weighted by Crippen LogP contribution is 2.35. The SMILES string of the molecule is CCN1CCCC1CC1(C(C)C)CCCN1. The number of likely N-dealkylation sites (tertiary alicyclic amines) is 1. The van der Waals surface area contributed by atoms with Crippen LogP contribution in [-0.4, -0.2) is 36.1 Å². The van der Waals surface area contributed by atoms with E-state index < -0.39 is 0 Å². The molecule has 0 aromatic carbocycles. The maximum Gasteiger partial charge on any atom is 0.0219 e. The van der Waals surface area contributed by atoms with Crippen molar-refractivity contribution in [3.63, 3.8) is 0 Å². The molecule has 2 atom stereocenters. The third-order valence-electron chi connectivity index (χ3n) is 4.89. The van der Waals surface area contributed by atoms with Gasteiger partial charge in [-0.25, -0.2) is 0 Å². The summed E-state index contributed by atoms with van der Waals surface area (Å²) in [6, 6.07) is 0.845. The lowest BCUT2D eigenvalue weighted by Crippen LogP contribution is -2.49. The Morgan fingerprint density at radius 2 is 2.19 bits per heavy atom. The van der Waals surface area contributed by atoms with Gasteiger partial charge < -0.3 is 10.2 Å². The zero-order chi connectivity index (χ0) is 11.6. The quantitative estimate of drug-likeness (QED) is 0.790. The van der Waals surface area contributed by atoms with Crippen LogP contribution in [0.5, 0.6) is 0 Å². The molecule has 0 spiro atoms. The molecule has 0 aromatic heterocycles. The van der Waals surface area contributed by atoms with Crippen molar-refractivity contribution in [1.82, 2.24) is 10.2 Å². The lowest BCUT2D eigenvalue weighted by molar-refractivity contribution is 0.165. The lowest BCUT2D eigenvalue weighted by atomic mass is 9.79. The van der Waals surface area contributed by atoms with Crippen LogP contribution in [0.2, 0.25) is 0 Å². The highest BCUT2D eigenvalue weighted by molar-refractivity contribution is 4.99. The molecule has 94 valence electrons. The second-order valence-corrected chi connectivity index (χ2v) is 5.97. The fraction of sp³-hybridized carbons (Fsp3) is 1.00. The largest absolute Gasteiger partial charge is 0.311 e. The fourth-order valence-electron chi connectivity index (χ4n) is 3.70. The highest BCUT2D eigenvalue weighted by atomic mass is 15.2. The molecule has 2 fully saturated rings. The molecular formula is C14H28N2. The average Bonchev–Trinajstić information content (AvgIpc) is 2.88. The average molecular weight is 224 g/mol. The molecular weight excluding hydrogens is 196 g/mol. The van der Waals surface area contributed by atoms with E-state index >= 15 is 0 Å². The molecule has 16 heavy (non-hydrogen) atoms. The Morgan fingerprint density at radius 1 is 1.38 bits per heavy atom. The van der Waals surface area contributed by atoms with Gasteiger partial charge in [0.15, 0.2) is 0 Å². The minimum atomic E-state index is 0.447. The van der Waals surface area contributed by atoms with Crippen LogP contribution in [0.15, 0.2) is 0 Å². The van der Waals surface area contributed by atoms with Crippen molar-refractivity contribution in [1.29, 1.82) is 0 Å². The summed E-state index contributed by atoms with van der Waals surface area (Å²) in [7, 11) is 0. The summed E-state index contributed by atoms with van der Waals surface area (Å²) in [5, 5.41) is 3.81. The molecule has 0 aliphatic carbocycles. The Bertz CT molecular complexity index is 219. The van der Waals surface area contributed by atoms with E-state index in [2.05, 4.69) is 31.0 Å². The first-order chi connectivity index (χ1) is 7.68. The lowest BCUT2D eigenvalue weighted by Gasteiger charge is -2.38. The van der Waals surface area contributed by atoms with E-state index in [1.807, 2.05) is 0 Å². The molecule has 2 saturated heterocycles. The van der Waals surface area contributed by atoms with E-state index in [0.29, 0.717) is 5.54 Å². The monoisotopic (exact) mass is 224 g/mol. The van der Waals surface area contributed by atoms with Crippen molar-refractivity contribution < 1.29 is 0 Å².